The van der Waals surface area contributed by atoms with Crippen LogP contribution in [-0.2, 0) is 0 Å². The van der Waals surface area contributed by atoms with Crippen molar-refractivity contribution >= 4 is 5.97 Å². The van der Waals surface area contributed by atoms with Crippen molar-refractivity contribution in [2.45, 2.75) is 39.2 Å². The Labute approximate surface area is 130 Å². The first-order chi connectivity index (χ1) is 10.2. The summed E-state index contributed by atoms with van der Waals surface area (Å²) >= 11 is 0. The highest BCUT2D eigenvalue weighted by Gasteiger charge is 2.64. The van der Waals surface area contributed by atoms with Crippen molar-refractivity contribution in [3.8, 4) is 17.9 Å². The predicted octanol–water partition coefficient (Wildman–Crippen LogP) is 2.82. The number of nitriles is 1. The molecule has 1 aliphatic carbocycles. The van der Waals surface area contributed by atoms with Crippen LogP contribution in [0.25, 0.3) is 0 Å². The predicted molar refractivity (Wildman–Crippen MR) is 82.0 cm³/mol. The Kier molecular flexibility index (Phi) is 3.77. The SMILES string of the molecule is CC(C)(C)[C@@](O)(C#Cc1ccccc1C(=O)O)C1(C#N)CC1. The lowest BCUT2D eigenvalue weighted by molar-refractivity contribution is -0.0470. The molecule has 0 amide bonds. The molecule has 2 rings (SSSR count). The molecule has 0 saturated heterocycles. The molecule has 4 nitrogen and oxygen atoms in total. The van der Waals surface area contributed by atoms with Crippen LogP contribution in [0, 0.1) is 34.0 Å². The van der Waals surface area contributed by atoms with E-state index in [4.69, 9.17) is 0 Å². The van der Waals surface area contributed by atoms with Crippen molar-refractivity contribution in [3.63, 3.8) is 0 Å². The molecule has 0 aliphatic heterocycles. The zero-order chi connectivity index (χ0) is 16.6. The summed E-state index contributed by atoms with van der Waals surface area (Å²) in [5.74, 6) is 4.55. The number of aromatic carboxylic acids is 1. The fourth-order valence-electron chi connectivity index (χ4n) is 2.64. The van der Waals surface area contributed by atoms with Crippen LogP contribution in [0.3, 0.4) is 0 Å². The van der Waals surface area contributed by atoms with Gasteiger partial charge in [-0.2, -0.15) is 5.26 Å². The molecule has 0 unspecified atom stereocenters. The minimum atomic E-state index is -1.49. The summed E-state index contributed by atoms with van der Waals surface area (Å²) in [4.78, 5) is 11.2. The summed E-state index contributed by atoms with van der Waals surface area (Å²) in [7, 11) is 0. The van der Waals surface area contributed by atoms with E-state index in [0.717, 1.165) is 0 Å². The number of carboxylic acid groups (broad SMARTS) is 1. The van der Waals surface area contributed by atoms with Gasteiger partial charge >= 0.3 is 5.97 Å². The van der Waals surface area contributed by atoms with E-state index in [1.807, 2.05) is 20.8 Å². The first-order valence-electron chi connectivity index (χ1n) is 7.16. The zero-order valence-corrected chi connectivity index (χ0v) is 13.0. The van der Waals surface area contributed by atoms with Gasteiger partial charge in [0, 0.05) is 11.0 Å². The second-order valence-electron chi connectivity index (χ2n) is 6.76. The van der Waals surface area contributed by atoms with Crippen molar-refractivity contribution in [1.29, 1.82) is 5.26 Å². The minimum absolute atomic E-state index is 0.0908. The topological polar surface area (TPSA) is 81.3 Å². The zero-order valence-electron chi connectivity index (χ0n) is 13.0. The van der Waals surface area contributed by atoms with Crippen molar-refractivity contribution in [3.05, 3.63) is 35.4 Å². The van der Waals surface area contributed by atoms with Crippen LogP contribution in [-0.4, -0.2) is 21.8 Å². The van der Waals surface area contributed by atoms with E-state index in [1.54, 1.807) is 18.2 Å². The van der Waals surface area contributed by atoms with E-state index in [0.29, 0.717) is 18.4 Å². The summed E-state index contributed by atoms with van der Waals surface area (Å²) in [6, 6.07) is 8.60. The van der Waals surface area contributed by atoms with E-state index >= 15 is 0 Å². The average Bonchev–Trinajstić information content (AvgIpc) is 3.25. The van der Waals surface area contributed by atoms with Gasteiger partial charge in [0.15, 0.2) is 0 Å². The minimum Gasteiger partial charge on any atom is -0.478 e. The maximum Gasteiger partial charge on any atom is 0.336 e. The molecule has 22 heavy (non-hydrogen) atoms. The number of carbonyl (C=O) groups is 1. The average molecular weight is 297 g/mol. The third-order valence-electron chi connectivity index (χ3n) is 4.28. The van der Waals surface area contributed by atoms with Gasteiger partial charge in [0.2, 0.25) is 0 Å². The molecule has 1 aromatic carbocycles. The van der Waals surface area contributed by atoms with Crippen LogP contribution in [0.1, 0.15) is 49.5 Å². The lowest BCUT2D eigenvalue weighted by atomic mass is 9.67. The molecule has 0 heterocycles. The number of carboxylic acids is 1. The van der Waals surface area contributed by atoms with Gasteiger partial charge in [-0.3, -0.25) is 0 Å². The molecule has 1 aliphatic rings. The first kappa shape index (κ1) is 16.1. The highest BCUT2D eigenvalue weighted by molar-refractivity contribution is 5.90. The number of aliphatic hydroxyl groups is 1. The Morgan fingerprint density at radius 2 is 1.86 bits per heavy atom. The molecule has 1 fully saturated rings. The van der Waals surface area contributed by atoms with Crippen LogP contribution in [0.4, 0.5) is 0 Å². The molecule has 114 valence electrons. The van der Waals surface area contributed by atoms with E-state index in [9.17, 15) is 20.3 Å². The van der Waals surface area contributed by atoms with Gasteiger partial charge in [0.1, 0.15) is 5.60 Å². The Morgan fingerprint density at radius 1 is 1.27 bits per heavy atom. The van der Waals surface area contributed by atoms with Gasteiger partial charge in [-0.1, -0.05) is 44.7 Å². The van der Waals surface area contributed by atoms with Crippen LogP contribution in [0.2, 0.25) is 0 Å². The second kappa shape index (κ2) is 5.16. The molecule has 0 spiro atoms. The molecule has 0 bridgehead atoms. The summed E-state index contributed by atoms with van der Waals surface area (Å²) in [5, 5.41) is 29.7. The van der Waals surface area contributed by atoms with E-state index in [-0.39, 0.29) is 5.56 Å². The number of hydrogen-bond donors (Lipinski definition) is 2. The number of rotatable bonds is 2. The molecule has 4 heteroatoms. The van der Waals surface area contributed by atoms with Crippen LogP contribution in [0.15, 0.2) is 24.3 Å². The van der Waals surface area contributed by atoms with Crippen molar-refractivity contribution in [1.82, 2.24) is 0 Å². The van der Waals surface area contributed by atoms with Gasteiger partial charge in [-0.25, -0.2) is 4.79 Å². The van der Waals surface area contributed by atoms with Crippen LogP contribution < -0.4 is 0 Å². The summed E-state index contributed by atoms with van der Waals surface area (Å²) < 4.78 is 0. The molecule has 1 aromatic rings. The molecular formula is C18H19NO3. The lowest BCUT2D eigenvalue weighted by Gasteiger charge is -2.39. The number of hydrogen-bond acceptors (Lipinski definition) is 3. The van der Waals surface area contributed by atoms with Crippen molar-refractivity contribution in [2.75, 3.05) is 0 Å². The standard InChI is InChI=1S/C18H19NO3/c1-16(2,3)18(22,17(12-19)10-11-17)9-8-13-6-4-5-7-14(13)15(20)21/h4-7,22H,10-11H2,1-3H3,(H,20,21)/t18-/m0/s1. The summed E-state index contributed by atoms with van der Waals surface area (Å²) in [6.07, 6.45) is 1.21. The Morgan fingerprint density at radius 3 is 2.32 bits per heavy atom. The highest BCUT2D eigenvalue weighted by Crippen LogP contribution is 2.59. The van der Waals surface area contributed by atoms with E-state index in [1.165, 1.54) is 6.07 Å². The molecule has 0 aromatic heterocycles. The quantitative estimate of drug-likeness (QED) is 0.822. The molecule has 1 saturated carbocycles. The van der Waals surface area contributed by atoms with Crippen LogP contribution in [0.5, 0.6) is 0 Å². The monoisotopic (exact) mass is 297 g/mol. The maximum absolute atomic E-state index is 11.2. The largest absolute Gasteiger partial charge is 0.478 e. The fraction of sp³-hybridized carbons (Fsp3) is 0.444. The number of nitrogens with zero attached hydrogens (tertiary/aromatic N) is 1. The van der Waals surface area contributed by atoms with Crippen molar-refractivity contribution in [2.24, 2.45) is 10.8 Å². The fourth-order valence-corrected chi connectivity index (χ4v) is 2.64. The van der Waals surface area contributed by atoms with Crippen LogP contribution >= 0.6 is 0 Å². The summed E-state index contributed by atoms with van der Waals surface area (Å²) in [6.45, 7) is 5.51. The number of benzene rings is 1. The smallest absolute Gasteiger partial charge is 0.336 e. The normalized spacial score (nSPS) is 18.3. The third-order valence-corrected chi connectivity index (χ3v) is 4.28. The summed E-state index contributed by atoms with van der Waals surface area (Å²) in [5.41, 5.74) is -2.54. The molecule has 1 atom stereocenters. The highest BCUT2D eigenvalue weighted by atomic mass is 16.4. The molecule has 2 N–H and O–H groups in total. The Balaban J connectivity index is 2.53. The van der Waals surface area contributed by atoms with E-state index in [2.05, 4.69) is 17.9 Å². The molecular weight excluding hydrogens is 278 g/mol. The van der Waals surface area contributed by atoms with Gasteiger partial charge in [0.25, 0.3) is 0 Å². The van der Waals surface area contributed by atoms with E-state index < -0.39 is 22.4 Å². The third kappa shape index (κ3) is 2.47. The van der Waals surface area contributed by atoms with Gasteiger partial charge < -0.3 is 10.2 Å². The molecule has 0 radical (unpaired) electrons. The van der Waals surface area contributed by atoms with Gasteiger partial charge in [-0.15, -0.1) is 0 Å². The maximum atomic E-state index is 11.2. The first-order valence-corrected chi connectivity index (χ1v) is 7.16. The van der Waals surface area contributed by atoms with Gasteiger partial charge in [-0.05, 0) is 25.0 Å². The second-order valence-corrected chi connectivity index (χ2v) is 6.76. The van der Waals surface area contributed by atoms with Gasteiger partial charge in [0.05, 0.1) is 17.0 Å². The lowest BCUT2D eigenvalue weighted by Crippen LogP contribution is -2.49. The van der Waals surface area contributed by atoms with Crippen molar-refractivity contribution < 1.29 is 15.0 Å². The Hall–Kier alpha value is -2.30. The Bertz CT molecular complexity index is 708.